The average molecular weight is 411 g/mol. The Morgan fingerprint density at radius 2 is 1.67 bits per heavy atom. The third-order valence-electron chi connectivity index (χ3n) is 6.54. The number of carbonyl (C=O) groups excluding carboxylic acids is 3. The van der Waals surface area contributed by atoms with Crippen molar-refractivity contribution in [3.8, 4) is 11.5 Å². The van der Waals surface area contributed by atoms with E-state index in [1.54, 1.807) is 18.2 Å². The highest BCUT2D eigenvalue weighted by atomic mass is 16.7. The molecule has 1 aliphatic carbocycles. The highest BCUT2D eigenvalue weighted by molar-refractivity contribution is 6.05. The van der Waals surface area contributed by atoms with Gasteiger partial charge in [-0.2, -0.15) is 0 Å². The Kier molecular flexibility index (Phi) is 4.94. The molecule has 0 bridgehead atoms. The number of amides is 3. The molecule has 3 aliphatic heterocycles. The average Bonchev–Trinajstić information content (AvgIpc) is 3.33. The summed E-state index contributed by atoms with van der Waals surface area (Å²) in [6.07, 6.45) is 6.71. The molecule has 3 amide bonds. The van der Waals surface area contributed by atoms with Crippen molar-refractivity contribution in [2.75, 3.05) is 31.9 Å². The monoisotopic (exact) mass is 411 g/mol. The molecule has 4 aliphatic rings. The van der Waals surface area contributed by atoms with Crippen molar-refractivity contribution in [2.45, 2.75) is 25.7 Å². The maximum atomic E-state index is 12.7. The lowest BCUT2D eigenvalue weighted by Gasteiger charge is -2.33. The highest BCUT2D eigenvalue weighted by Gasteiger charge is 2.47. The Labute approximate surface area is 174 Å². The van der Waals surface area contributed by atoms with E-state index in [-0.39, 0.29) is 42.3 Å². The number of benzene rings is 1. The second kappa shape index (κ2) is 7.75. The van der Waals surface area contributed by atoms with E-state index in [2.05, 4.69) is 10.2 Å². The van der Waals surface area contributed by atoms with Gasteiger partial charge >= 0.3 is 0 Å². The molecule has 0 unspecified atom stereocenters. The lowest BCUT2D eigenvalue weighted by molar-refractivity contribution is -0.143. The second-order valence-corrected chi connectivity index (χ2v) is 8.35. The molecule has 1 N–H and O–H groups in total. The van der Waals surface area contributed by atoms with Crippen LogP contribution in [0.15, 0.2) is 30.4 Å². The smallest absolute Gasteiger partial charge is 0.234 e. The summed E-state index contributed by atoms with van der Waals surface area (Å²) in [5.41, 5.74) is 0.691. The second-order valence-electron chi connectivity index (χ2n) is 8.35. The minimum atomic E-state index is -0.187. The normalized spacial score (nSPS) is 26.2. The van der Waals surface area contributed by atoms with E-state index in [4.69, 9.17) is 9.47 Å². The number of nitrogens with zero attached hydrogens (tertiary/aromatic N) is 2. The quantitative estimate of drug-likeness (QED) is 0.602. The number of piperidine rings is 1. The van der Waals surface area contributed by atoms with Crippen molar-refractivity contribution in [1.29, 1.82) is 0 Å². The van der Waals surface area contributed by atoms with Gasteiger partial charge in [0, 0.05) is 30.8 Å². The first-order valence-corrected chi connectivity index (χ1v) is 10.5. The van der Waals surface area contributed by atoms with Crippen molar-refractivity contribution in [3.63, 3.8) is 0 Å². The maximum Gasteiger partial charge on any atom is 0.234 e. The largest absolute Gasteiger partial charge is 0.454 e. The van der Waals surface area contributed by atoms with Crippen LogP contribution < -0.4 is 14.8 Å². The van der Waals surface area contributed by atoms with Crippen LogP contribution in [0.4, 0.5) is 5.69 Å². The first-order chi connectivity index (χ1) is 14.6. The molecule has 0 saturated carbocycles. The molecule has 1 aromatic carbocycles. The number of rotatable bonds is 4. The van der Waals surface area contributed by atoms with Crippen molar-refractivity contribution in [2.24, 2.45) is 17.8 Å². The molecule has 0 aromatic heterocycles. The Morgan fingerprint density at radius 1 is 1.00 bits per heavy atom. The first kappa shape index (κ1) is 19.1. The molecule has 5 rings (SSSR count). The van der Waals surface area contributed by atoms with E-state index in [1.807, 2.05) is 12.2 Å². The molecule has 1 aromatic rings. The van der Waals surface area contributed by atoms with Crippen molar-refractivity contribution < 1.29 is 23.9 Å². The molecular formula is C22H25N3O5. The number of carbonyl (C=O) groups is 3. The van der Waals surface area contributed by atoms with Crippen LogP contribution in [0.25, 0.3) is 0 Å². The van der Waals surface area contributed by atoms with Crippen molar-refractivity contribution in [1.82, 2.24) is 9.80 Å². The Bertz CT molecular complexity index is 880. The lowest BCUT2D eigenvalue weighted by Crippen LogP contribution is -2.46. The number of allylic oxidation sites excluding steroid dienone is 2. The number of nitrogens with one attached hydrogen (secondary N) is 1. The van der Waals surface area contributed by atoms with Gasteiger partial charge < -0.3 is 14.8 Å². The summed E-state index contributed by atoms with van der Waals surface area (Å²) >= 11 is 0. The SMILES string of the molecule is O=C(Nc1ccc2c(c1)OCO2)C1CCN(CN2C(=O)[C@H]3CC=CC[C@H]3C2=O)CC1. The summed E-state index contributed by atoms with van der Waals surface area (Å²) in [5, 5.41) is 2.96. The highest BCUT2D eigenvalue weighted by Crippen LogP contribution is 2.36. The van der Waals surface area contributed by atoms with Crippen LogP contribution in [0.5, 0.6) is 11.5 Å². The molecular weight excluding hydrogens is 386 g/mol. The van der Waals surface area contributed by atoms with Gasteiger partial charge in [0.2, 0.25) is 24.5 Å². The molecule has 0 spiro atoms. The van der Waals surface area contributed by atoms with Crippen LogP contribution in [0.1, 0.15) is 25.7 Å². The third-order valence-corrected chi connectivity index (χ3v) is 6.54. The van der Waals surface area contributed by atoms with Gasteiger partial charge in [0.15, 0.2) is 11.5 Å². The minimum Gasteiger partial charge on any atom is -0.454 e. The van der Waals surface area contributed by atoms with E-state index in [0.29, 0.717) is 62.6 Å². The van der Waals surface area contributed by atoms with Gasteiger partial charge in [-0.3, -0.25) is 24.2 Å². The Hall–Kier alpha value is -2.87. The zero-order chi connectivity index (χ0) is 20.7. The number of hydrogen-bond acceptors (Lipinski definition) is 6. The van der Waals surface area contributed by atoms with E-state index in [0.717, 1.165) is 0 Å². The summed E-state index contributed by atoms with van der Waals surface area (Å²) < 4.78 is 10.6. The zero-order valence-corrected chi connectivity index (χ0v) is 16.7. The molecule has 8 heteroatoms. The molecule has 3 heterocycles. The van der Waals surface area contributed by atoms with Crippen molar-refractivity contribution in [3.05, 3.63) is 30.4 Å². The number of ether oxygens (including phenoxy) is 2. The molecule has 158 valence electrons. The van der Waals surface area contributed by atoms with Crippen molar-refractivity contribution >= 4 is 23.4 Å². The fourth-order valence-corrected chi connectivity index (χ4v) is 4.76. The predicted molar refractivity (Wildman–Crippen MR) is 108 cm³/mol. The van der Waals surface area contributed by atoms with Gasteiger partial charge in [-0.25, -0.2) is 0 Å². The van der Waals surface area contributed by atoms with E-state index in [1.165, 1.54) is 4.90 Å². The molecule has 2 fully saturated rings. The lowest BCUT2D eigenvalue weighted by atomic mass is 9.85. The van der Waals surface area contributed by atoms with Crippen LogP contribution in [-0.4, -0.2) is 54.1 Å². The van der Waals surface area contributed by atoms with Gasteiger partial charge in [-0.05, 0) is 37.8 Å². The Balaban J connectivity index is 1.13. The summed E-state index contributed by atoms with van der Waals surface area (Å²) in [5.74, 6) is 0.748. The molecule has 30 heavy (non-hydrogen) atoms. The van der Waals surface area contributed by atoms with Gasteiger partial charge in [-0.15, -0.1) is 0 Å². The van der Waals surface area contributed by atoms with Crippen LogP contribution in [0, 0.1) is 17.8 Å². The summed E-state index contributed by atoms with van der Waals surface area (Å²) in [4.78, 5) is 41.5. The fraction of sp³-hybridized carbons (Fsp3) is 0.500. The topological polar surface area (TPSA) is 88.2 Å². The third kappa shape index (κ3) is 3.45. The molecule has 2 atom stereocenters. The standard InChI is InChI=1S/C22H25N3O5/c26-20(23-15-5-6-18-19(11-15)30-13-29-18)14-7-9-24(10-8-14)12-25-21(27)16-3-1-2-4-17(16)22(25)28/h1-2,5-6,11,14,16-17H,3-4,7-10,12-13H2,(H,23,26)/t16-,17+. The number of imide groups is 1. The molecule has 8 nitrogen and oxygen atoms in total. The number of anilines is 1. The van der Waals surface area contributed by atoms with Crippen LogP contribution in [0.3, 0.4) is 0 Å². The molecule has 2 saturated heterocycles. The zero-order valence-electron chi connectivity index (χ0n) is 16.7. The Morgan fingerprint density at radius 3 is 2.37 bits per heavy atom. The van der Waals surface area contributed by atoms with Gasteiger partial charge in [0.1, 0.15) is 0 Å². The maximum absolute atomic E-state index is 12.7. The summed E-state index contributed by atoms with van der Waals surface area (Å²) in [6.45, 7) is 1.90. The minimum absolute atomic E-state index is 0.0149. The fourth-order valence-electron chi connectivity index (χ4n) is 4.76. The number of likely N-dealkylation sites (tertiary alicyclic amines) is 2. The van der Waals surface area contributed by atoms with E-state index >= 15 is 0 Å². The van der Waals surface area contributed by atoms with Gasteiger partial charge in [0.05, 0.1) is 18.5 Å². The predicted octanol–water partition coefficient (Wildman–Crippen LogP) is 1.97. The van der Waals surface area contributed by atoms with E-state index in [9.17, 15) is 14.4 Å². The molecule has 0 radical (unpaired) electrons. The van der Waals surface area contributed by atoms with Crippen LogP contribution >= 0.6 is 0 Å². The van der Waals surface area contributed by atoms with Gasteiger partial charge in [0.25, 0.3) is 0 Å². The summed E-state index contributed by atoms with van der Waals surface area (Å²) in [6, 6.07) is 5.37. The van der Waals surface area contributed by atoms with Crippen LogP contribution in [0.2, 0.25) is 0 Å². The van der Waals surface area contributed by atoms with Crippen LogP contribution in [-0.2, 0) is 14.4 Å². The summed E-state index contributed by atoms with van der Waals surface area (Å²) in [7, 11) is 0. The number of hydrogen-bond donors (Lipinski definition) is 1. The number of fused-ring (bicyclic) bond motifs is 2. The van der Waals surface area contributed by atoms with E-state index < -0.39 is 0 Å². The van der Waals surface area contributed by atoms with Gasteiger partial charge in [-0.1, -0.05) is 12.2 Å². The first-order valence-electron chi connectivity index (χ1n) is 10.5.